The third-order valence-corrected chi connectivity index (χ3v) is 4.08. The fraction of sp³-hybridized carbons (Fsp3) is 0.632. The summed E-state index contributed by atoms with van der Waals surface area (Å²) in [5.74, 6) is 0. The van der Waals surface area contributed by atoms with Gasteiger partial charge in [-0.05, 0) is 64.4 Å². The Balaban J connectivity index is 2.23. The number of nitrogens with zero attached hydrogens (tertiary/aromatic N) is 2. The average Bonchev–Trinajstić information content (AvgIpc) is 2.43. The van der Waals surface area contributed by atoms with Gasteiger partial charge < -0.3 is 14.5 Å². The molecule has 0 fully saturated rings. The van der Waals surface area contributed by atoms with Gasteiger partial charge in [0.25, 0.3) is 0 Å². The van der Waals surface area contributed by atoms with Gasteiger partial charge in [-0.15, -0.1) is 0 Å². The summed E-state index contributed by atoms with van der Waals surface area (Å²) in [6, 6.07) is 6.78. The molecule has 0 spiro atoms. The van der Waals surface area contributed by atoms with Crippen molar-refractivity contribution in [1.82, 2.24) is 9.80 Å². The molecule has 4 heteroatoms. The van der Waals surface area contributed by atoms with Gasteiger partial charge in [-0.2, -0.15) is 0 Å². The van der Waals surface area contributed by atoms with Gasteiger partial charge in [-0.1, -0.05) is 25.1 Å². The van der Waals surface area contributed by atoms with Crippen molar-refractivity contribution in [3.63, 3.8) is 0 Å². The summed E-state index contributed by atoms with van der Waals surface area (Å²) >= 11 is 0. The quantitative estimate of drug-likeness (QED) is 0.844. The number of carbonyl (C=O) groups is 1. The first-order valence-corrected chi connectivity index (χ1v) is 8.47. The standard InChI is InChI=1S/C19H30N2O2/c1-7-17-16-9-8-14(13-20(5)6)12-15(16)10-11-21(17)18(22)23-19(2,3)4/h8-9,12,17H,7,10-11,13H2,1-6H3. The summed E-state index contributed by atoms with van der Waals surface area (Å²) < 4.78 is 5.58. The Hall–Kier alpha value is -1.55. The molecular weight excluding hydrogens is 288 g/mol. The second kappa shape index (κ2) is 6.91. The lowest BCUT2D eigenvalue weighted by Gasteiger charge is -2.38. The van der Waals surface area contributed by atoms with Gasteiger partial charge >= 0.3 is 6.09 Å². The van der Waals surface area contributed by atoms with Crippen molar-refractivity contribution < 1.29 is 9.53 Å². The van der Waals surface area contributed by atoms with Crippen molar-refractivity contribution in [2.45, 2.75) is 58.7 Å². The molecule has 1 aromatic carbocycles. The number of benzene rings is 1. The van der Waals surface area contributed by atoms with E-state index < -0.39 is 5.60 Å². The summed E-state index contributed by atoms with van der Waals surface area (Å²) in [5.41, 5.74) is 3.52. The van der Waals surface area contributed by atoms with Gasteiger partial charge in [0.2, 0.25) is 0 Å². The number of ether oxygens (including phenoxy) is 1. The lowest BCUT2D eigenvalue weighted by atomic mass is 9.90. The van der Waals surface area contributed by atoms with Crippen molar-refractivity contribution >= 4 is 6.09 Å². The summed E-state index contributed by atoms with van der Waals surface area (Å²) in [7, 11) is 4.16. The maximum atomic E-state index is 12.5. The van der Waals surface area contributed by atoms with Crippen molar-refractivity contribution in [1.29, 1.82) is 0 Å². The van der Waals surface area contributed by atoms with E-state index >= 15 is 0 Å². The van der Waals surface area contributed by atoms with Crippen LogP contribution in [0.2, 0.25) is 0 Å². The van der Waals surface area contributed by atoms with Crippen LogP contribution in [-0.4, -0.2) is 42.1 Å². The van der Waals surface area contributed by atoms with E-state index in [1.54, 1.807) is 0 Å². The Bertz CT molecular complexity index is 561. The molecule has 0 radical (unpaired) electrons. The fourth-order valence-corrected chi connectivity index (χ4v) is 3.21. The number of rotatable bonds is 3. The third-order valence-electron chi connectivity index (χ3n) is 4.08. The lowest BCUT2D eigenvalue weighted by Crippen LogP contribution is -2.42. The van der Waals surface area contributed by atoms with Crippen molar-refractivity contribution in [2.75, 3.05) is 20.6 Å². The zero-order chi connectivity index (χ0) is 17.2. The van der Waals surface area contributed by atoms with Crippen molar-refractivity contribution in [2.24, 2.45) is 0 Å². The van der Waals surface area contributed by atoms with E-state index in [2.05, 4.69) is 44.1 Å². The van der Waals surface area contributed by atoms with Crippen molar-refractivity contribution in [3.05, 3.63) is 34.9 Å². The Morgan fingerprint density at radius 1 is 1.35 bits per heavy atom. The number of hydrogen-bond donors (Lipinski definition) is 0. The minimum atomic E-state index is -0.453. The zero-order valence-electron chi connectivity index (χ0n) is 15.3. The molecule has 0 aromatic heterocycles. The van der Waals surface area contributed by atoms with Crippen LogP contribution in [0.25, 0.3) is 0 Å². The van der Waals surface area contributed by atoms with Crippen LogP contribution in [0.1, 0.15) is 56.8 Å². The molecular formula is C19H30N2O2. The highest BCUT2D eigenvalue weighted by Crippen LogP contribution is 2.33. The SMILES string of the molecule is CCC1c2ccc(CN(C)C)cc2CCN1C(=O)OC(C)(C)C. The van der Waals surface area contributed by atoms with E-state index in [4.69, 9.17) is 4.74 Å². The molecule has 0 saturated carbocycles. The topological polar surface area (TPSA) is 32.8 Å². The first-order valence-electron chi connectivity index (χ1n) is 8.47. The van der Waals surface area contributed by atoms with Crippen LogP contribution in [-0.2, 0) is 17.7 Å². The molecule has 1 amide bonds. The molecule has 4 nitrogen and oxygen atoms in total. The number of hydrogen-bond acceptors (Lipinski definition) is 3. The highest BCUT2D eigenvalue weighted by molar-refractivity contribution is 5.69. The van der Waals surface area contributed by atoms with Gasteiger partial charge in [-0.25, -0.2) is 4.79 Å². The number of fused-ring (bicyclic) bond motifs is 1. The highest BCUT2D eigenvalue weighted by atomic mass is 16.6. The first-order chi connectivity index (χ1) is 10.7. The largest absolute Gasteiger partial charge is 0.444 e. The molecule has 0 bridgehead atoms. The molecule has 2 rings (SSSR count). The Morgan fingerprint density at radius 2 is 2.04 bits per heavy atom. The van der Waals surface area contributed by atoms with Gasteiger partial charge in [0.1, 0.15) is 5.60 Å². The van der Waals surface area contributed by atoms with Crippen LogP contribution in [0.15, 0.2) is 18.2 Å². The average molecular weight is 318 g/mol. The highest BCUT2D eigenvalue weighted by Gasteiger charge is 2.32. The van der Waals surface area contributed by atoms with E-state index in [1.807, 2.05) is 25.7 Å². The smallest absolute Gasteiger partial charge is 0.410 e. The molecule has 0 saturated heterocycles. The maximum Gasteiger partial charge on any atom is 0.410 e. The summed E-state index contributed by atoms with van der Waals surface area (Å²) in [5, 5.41) is 0. The van der Waals surface area contributed by atoms with E-state index in [0.717, 1.165) is 25.9 Å². The van der Waals surface area contributed by atoms with Crippen LogP contribution in [0.3, 0.4) is 0 Å². The van der Waals surface area contributed by atoms with Gasteiger partial charge in [0.05, 0.1) is 6.04 Å². The Kier molecular flexibility index (Phi) is 5.35. The normalized spacial score (nSPS) is 18.0. The van der Waals surface area contributed by atoms with Crippen LogP contribution >= 0.6 is 0 Å². The van der Waals surface area contributed by atoms with Gasteiger partial charge in [0.15, 0.2) is 0 Å². The summed E-state index contributed by atoms with van der Waals surface area (Å²) in [4.78, 5) is 16.6. The zero-order valence-corrected chi connectivity index (χ0v) is 15.3. The fourth-order valence-electron chi connectivity index (χ4n) is 3.21. The van der Waals surface area contributed by atoms with Crippen LogP contribution in [0.5, 0.6) is 0 Å². The van der Waals surface area contributed by atoms with Crippen molar-refractivity contribution in [3.8, 4) is 0 Å². The van der Waals surface area contributed by atoms with Crippen LogP contribution in [0.4, 0.5) is 4.79 Å². The molecule has 1 atom stereocenters. The maximum absolute atomic E-state index is 12.5. The number of carbonyl (C=O) groups excluding carboxylic acids is 1. The lowest BCUT2D eigenvalue weighted by molar-refractivity contribution is 0.0137. The molecule has 1 unspecified atom stereocenters. The van der Waals surface area contributed by atoms with E-state index in [0.29, 0.717) is 0 Å². The van der Waals surface area contributed by atoms with Gasteiger partial charge in [-0.3, -0.25) is 0 Å². The van der Waals surface area contributed by atoms with Crippen LogP contribution in [0, 0.1) is 0 Å². The molecule has 1 heterocycles. The minimum Gasteiger partial charge on any atom is -0.444 e. The summed E-state index contributed by atoms with van der Waals surface area (Å²) in [6.07, 6.45) is 1.60. The molecule has 1 aliphatic heterocycles. The molecule has 23 heavy (non-hydrogen) atoms. The Labute approximate surface area is 140 Å². The second-order valence-electron chi connectivity index (χ2n) is 7.62. The molecule has 1 aromatic rings. The van der Waals surface area contributed by atoms with E-state index in [9.17, 15) is 4.79 Å². The van der Waals surface area contributed by atoms with Gasteiger partial charge in [0, 0.05) is 13.1 Å². The number of amides is 1. The first kappa shape index (κ1) is 17.8. The van der Waals surface area contributed by atoms with E-state index in [-0.39, 0.29) is 12.1 Å². The second-order valence-corrected chi connectivity index (χ2v) is 7.62. The third kappa shape index (κ3) is 4.47. The molecule has 0 N–H and O–H groups in total. The Morgan fingerprint density at radius 3 is 2.61 bits per heavy atom. The summed E-state index contributed by atoms with van der Waals surface area (Å²) in [6.45, 7) is 9.54. The molecule has 1 aliphatic rings. The molecule has 0 aliphatic carbocycles. The minimum absolute atomic E-state index is 0.113. The molecule has 128 valence electrons. The van der Waals surface area contributed by atoms with Crippen LogP contribution < -0.4 is 0 Å². The predicted molar refractivity (Wildman–Crippen MR) is 93.5 cm³/mol. The van der Waals surface area contributed by atoms with E-state index in [1.165, 1.54) is 16.7 Å². The predicted octanol–water partition coefficient (Wildman–Crippen LogP) is 3.99. The monoisotopic (exact) mass is 318 g/mol.